The van der Waals surface area contributed by atoms with Crippen LogP contribution in [0.4, 0.5) is 4.39 Å². The number of amides is 3. The lowest BCUT2D eigenvalue weighted by atomic mass is 9.95. The summed E-state index contributed by atoms with van der Waals surface area (Å²) in [5.74, 6) is -1.57. The first kappa shape index (κ1) is 22.7. The summed E-state index contributed by atoms with van der Waals surface area (Å²) in [7, 11) is 0. The van der Waals surface area contributed by atoms with E-state index in [-0.39, 0.29) is 34.5 Å². The second-order valence-electron chi connectivity index (χ2n) is 9.84. The maximum Gasteiger partial charge on any atom is 0.268 e. The minimum Gasteiger partial charge on any atom is -0.350 e. The number of H-pyrrole nitrogens is 1. The van der Waals surface area contributed by atoms with E-state index in [9.17, 15) is 24.0 Å². The summed E-state index contributed by atoms with van der Waals surface area (Å²) in [6, 6.07) is 4.58. The third kappa shape index (κ3) is 4.73. The number of nitrogens with zero attached hydrogens (tertiary/aromatic N) is 1. The van der Waals surface area contributed by atoms with Crippen LogP contribution < -0.4 is 16.0 Å². The number of halogens is 2. The zero-order chi connectivity index (χ0) is 24.0. The lowest BCUT2D eigenvalue weighted by Gasteiger charge is -2.21. The minimum absolute atomic E-state index is 0.0570. The second-order valence-corrected chi connectivity index (χ2v) is 10.2. The van der Waals surface area contributed by atoms with E-state index in [1.54, 1.807) is 0 Å². The minimum atomic E-state index is -0.825. The molecule has 1 spiro atoms. The van der Waals surface area contributed by atoms with Gasteiger partial charge < -0.3 is 20.9 Å². The number of benzene rings is 1. The molecule has 2 saturated carbocycles. The molecule has 10 heteroatoms. The molecule has 2 aliphatic carbocycles. The van der Waals surface area contributed by atoms with E-state index in [1.807, 2.05) is 0 Å². The van der Waals surface area contributed by atoms with Gasteiger partial charge in [-0.3, -0.25) is 14.4 Å². The average Bonchev–Trinajstić information content (AvgIpc) is 3.69. The maximum absolute atomic E-state index is 13.7. The van der Waals surface area contributed by atoms with Gasteiger partial charge in [-0.15, -0.1) is 0 Å². The summed E-state index contributed by atoms with van der Waals surface area (Å²) in [5.41, 5.74) is 0.591. The molecule has 0 radical (unpaired) electrons. The Balaban J connectivity index is 1.25. The molecule has 3 amide bonds. The molecule has 4 N–H and O–H groups in total. The Morgan fingerprint density at radius 3 is 2.65 bits per heavy atom. The number of fused-ring (bicyclic) bond motifs is 1. The summed E-state index contributed by atoms with van der Waals surface area (Å²) >= 11 is 5.82. The number of nitriles is 1. The van der Waals surface area contributed by atoms with Gasteiger partial charge in [-0.05, 0) is 56.2 Å². The molecule has 8 nitrogen and oxygen atoms in total. The molecule has 3 atom stereocenters. The van der Waals surface area contributed by atoms with E-state index >= 15 is 0 Å². The van der Waals surface area contributed by atoms with Gasteiger partial charge in [0.05, 0.1) is 11.1 Å². The number of aromatic nitrogens is 1. The number of carbonyl (C=O) groups excluding carboxylic acids is 3. The first-order valence-corrected chi connectivity index (χ1v) is 11.9. The Morgan fingerprint density at radius 1 is 1.24 bits per heavy atom. The highest BCUT2D eigenvalue weighted by Gasteiger charge is 2.52. The molecule has 3 aliphatic rings. The molecule has 1 saturated heterocycles. The molecule has 1 aliphatic heterocycles. The average molecular weight is 486 g/mol. The molecule has 0 bridgehead atoms. The summed E-state index contributed by atoms with van der Waals surface area (Å²) in [5, 5.41) is 18.5. The summed E-state index contributed by atoms with van der Waals surface area (Å²) < 4.78 is 13.7. The van der Waals surface area contributed by atoms with Gasteiger partial charge in [-0.1, -0.05) is 24.4 Å². The Hall–Kier alpha value is -3.12. The van der Waals surface area contributed by atoms with Gasteiger partial charge in [0.15, 0.2) is 0 Å². The zero-order valence-corrected chi connectivity index (χ0v) is 19.2. The van der Waals surface area contributed by atoms with Gasteiger partial charge in [-0.2, -0.15) is 5.26 Å². The van der Waals surface area contributed by atoms with Crippen molar-refractivity contribution in [3.8, 4) is 6.07 Å². The Kier molecular flexibility index (Phi) is 5.72. The van der Waals surface area contributed by atoms with E-state index < -0.39 is 29.7 Å². The third-order valence-electron chi connectivity index (χ3n) is 7.04. The zero-order valence-electron chi connectivity index (χ0n) is 18.4. The Labute approximate surface area is 200 Å². The quantitative estimate of drug-likeness (QED) is 0.458. The van der Waals surface area contributed by atoms with Crippen molar-refractivity contribution in [3.63, 3.8) is 0 Å². The van der Waals surface area contributed by atoms with Gasteiger partial charge in [-0.25, -0.2) is 4.39 Å². The second kappa shape index (κ2) is 8.58. The molecule has 34 heavy (non-hydrogen) atoms. The standard InChI is InChI=1S/C24H25ClFN5O3/c25-16-9-18-13(7-17(16)26)8-20(29-18)23(34)30-19(5-12-1-2-12)22(33)28-15(11-27)6-14-10-24(3-4-24)31-21(14)32/h7-9,12,14-15,19,29H,1-6,10H2,(H,28,33)(H,30,34)(H,31,32)/t14-,15+,19+/m1/s1. The van der Waals surface area contributed by atoms with Crippen molar-refractivity contribution in [2.45, 2.75) is 62.6 Å². The molecule has 2 aromatic rings. The fourth-order valence-corrected chi connectivity index (χ4v) is 4.92. The van der Waals surface area contributed by atoms with Crippen molar-refractivity contribution in [3.05, 3.63) is 34.7 Å². The summed E-state index contributed by atoms with van der Waals surface area (Å²) in [6.07, 6.45) is 5.28. The highest BCUT2D eigenvalue weighted by Crippen LogP contribution is 2.46. The van der Waals surface area contributed by atoms with Crippen molar-refractivity contribution in [2.75, 3.05) is 0 Å². The molecule has 2 heterocycles. The highest BCUT2D eigenvalue weighted by molar-refractivity contribution is 6.31. The fourth-order valence-electron chi connectivity index (χ4n) is 4.75. The van der Waals surface area contributed by atoms with Gasteiger partial charge in [0.1, 0.15) is 23.6 Å². The number of hydrogen-bond acceptors (Lipinski definition) is 4. The van der Waals surface area contributed by atoms with Crippen LogP contribution in [0.15, 0.2) is 18.2 Å². The SMILES string of the molecule is N#C[C@H](C[C@@H]1CC2(CC2)NC1=O)NC(=O)[C@H](CC1CC1)NC(=O)c1cc2cc(F)c(Cl)cc2[nH]1. The van der Waals surface area contributed by atoms with E-state index in [4.69, 9.17) is 11.6 Å². The van der Waals surface area contributed by atoms with Crippen molar-refractivity contribution < 1.29 is 18.8 Å². The lowest BCUT2D eigenvalue weighted by molar-refractivity contribution is -0.125. The predicted octanol–water partition coefficient (Wildman–Crippen LogP) is 2.93. The van der Waals surface area contributed by atoms with Gasteiger partial charge in [0, 0.05) is 22.4 Å². The maximum atomic E-state index is 13.7. The van der Waals surface area contributed by atoms with Crippen LogP contribution in [0.1, 0.15) is 55.4 Å². The van der Waals surface area contributed by atoms with Crippen molar-refractivity contribution in [1.29, 1.82) is 5.26 Å². The van der Waals surface area contributed by atoms with Gasteiger partial charge >= 0.3 is 0 Å². The number of carbonyl (C=O) groups is 3. The fraction of sp³-hybridized carbons (Fsp3) is 0.500. The van der Waals surface area contributed by atoms with Crippen molar-refractivity contribution >= 4 is 40.2 Å². The molecule has 1 aromatic carbocycles. The van der Waals surface area contributed by atoms with Gasteiger partial charge in [0.25, 0.3) is 5.91 Å². The molecule has 0 unspecified atom stereocenters. The lowest BCUT2D eigenvalue weighted by Crippen LogP contribution is -2.50. The van der Waals surface area contributed by atoms with E-state index in [2.05, 4.69) is 27.0 Å². The smallest absolute Gasteiger partial charge is 0.268 e. The monoisotopic (exact) mass is 485 g/mol. The Bertz CT molecular complexity index is 1170. The predicted molar refractivity (Wildman–Crippen MR) is 122 cm³/mol. The van der Waals surface area contributed by atoms with E-state index in [0.29, 0.717) is 29.7 Å². The van der Waals surface area contributed by atoms with Crippen molar-refractivity contribution in [1.82, 2.24) is 20.9 Å². The van der Waals surface area contributed by atoms with E-state index in [1.165, 1.54) is 18.2 Å². The number of hydrogen-bond donors (Lipinski definition) is 4. The topological polar surface area (TPSA) is 127 Å². The number of rotatable bonds is 8. The first-order chi connectivity index (χ1) is 16.2. The Morgan fingerprint density at radius 2 is 2.00 bits per heavy atom. The first-order valence-electron chi connectivity index (χ1n) is 11.6. The van der Waals surface area contributed by atoms with E-state index in [0.717, 1.165) is 25.7 Å². The molecular weight excluding hydrogens is 461 g/mol. The van der Waals surface area contributed by atoms with Crippen LogP contribution in [0, 0.1) is 29.0 Å². The van der Waals surface area contributed by atoms with Crippen LogP contribution in [0.2, 0.25) is 5.02 Å². The van der Waals surface area contributed by atoms with Crippen molar-refractivity contribution in [2.24, 2.45) is 11.8 Å². The van der Waals surface area contributed by atoms with Crippen LogP contribution >= 0.6 is 11.6 Å². The largest absolute Gasteiger partial charge is 0.350 e. The molecule has 3 fully saturated rings. The van der Waals surface area contributed by atoms with Crippen LogP contribution in [-0.4, -0.2) is 40.3 Å². The number of nitrogens with one attached hydrogen (secondary N) is 4. The number of aromatic amines is 1. The van der Waals surface area contributed by atoms with Crippen LogP contribution in [-0.2, 0) is 9.59 Å². The highest BCUT2D eigenvalue weighted by atomic mass is 35.5. The third-order valence-corrected chi connectivity index (χ3v) is 7.33. The van der Waals surface area contributed by atoms with Crippen LogP contribution in [0.3, 0.4) is 0 Å². The summed E-state index contributed by atoms with van der Waals surface area (Å²) in [4.78, 5) is 41.1. The normalized spacial score (nSPS) is 22.1. The molecule has 5 rings (SSSR count). The van der Waals surface area contributed by atoms with Crippen LogP contribution in [0.25, 0.3) is 10.9 Å². The van der Waals surface area contributed by atoms with Crippen LogP contribution in [0.5, 0.6) is 0 Å². The summed E-state index contributed by atoms with van der Waals surface area (Å²) in [6.45, 7) is 0. The molecular formula is C24H25ClFN5O3. The van der Waals surface area contributed by atoms with Gasteiger partial charge in [0.2, 0.25) is 11.8 Å². The molecule has 1 aromatic heterocycles. The molecule has 178 valence electrons.